The van der Waals surface area contributed by atoms with E-state index in [2.05, 4.69) is 42.2 Å². The predicted octanol–water partition coefficient (Wildman–Crippen LogP) is 2.94. The van der Waals surface area contributed by atoms with E-state index in [1.807, 2.05) is 36.9 Å². The fourth-order valence-electron chi connectivity index (χ4n) is 4.26. The standard InChI is InChI=1S/C22H26N6O/c1-2-18(26-21-14-19(5-8-24-21)27-10-12-29-13-11-27)16-28(9-1)22-20-15-23-6-3-17(20)4-7-25-22/h3-8,14-15,18H,1-2,9-13,16H2,(H,24,26)/t18-/m1/s1. The molecule has 5 heterocycles. The average molecular weight is 390 g/mol. The molecule has 7 heteroatoms. The van der Waals surface area contributed by atoms with Crippen molar-refractivity contribution < 1.29 is 4.74 Å². The number of hydrogen-bond donors (Lipinski definition) is 1. The number of nitrogens with one attached hydrogen (secondary N) is 1. The molecule has 5 rings (SSSR count). The van der Waals surface area contributed by atoms with Crippen molar-refractivity contribution in [2.45, 2.75) is 18.9 Å². The fraction of sp³-hybridized carbons (Fsp3) is 0.409. The molecule has 1 atom stereocenters. The highest BCUT2D eigenvalue weighted by molar-refractivity contribution is 5.91. The molecule has 0 aromatic carbocycles. The van der Waals surface area contributed by atoms with Crippen LogP contribution in [-0.4, -0.2) is 60.4 Å². The van der Waals surface area contributed by atoms with Gasteiger partial charge in [0.15, 0.2) is 0 Å². The highest BCUT2D eigenvalue weighted by atomic mass is 16.5. The lowest BCUT2D eigenvalue weighted by Gasteiger charge is -2.35. The van der Waals surface area contributed by atoms with Crippen LogP contribution in [0.1, 0.15) is 12.8 Å². The Bertz CT molecular complexity index is 969. The first-order valence-corrected chi connectivity index (χ1v) is 10.4. The summed E-state index contributed by atoms with van der Waals surface area (Å²) in [5.41, 5.74) is 1.21. The summed E-state index contributed by atoms with van der Waals surface area (Å²) >= 11 is 0. The zero-order valence-electron chi connectivity index (χ0n) is 16.5. The van der Waals surface area contributed by atoms with Gasteiger partial charge in [-0.05, 0) is 36.4 Å². The predicted molar refractivity (Wildman–Crippen MR) is 116 cm³/mol. The van der Waals surface area contributed by atoms with Crippen molar-refractivity contribution in [3.05, 3.63) is 49.1 Å². The van der Waals surface area contributed by atoms with E-state index in [0.29, 0.717) is 6.04 Å². The molecule has 2 fully saturated rings. The van der Waals surface area contributed by atoms with Gasteiger partial charge in [-0.15, -0.1) is 0 Å². The SMILES string of the molecule is c1cc2ccnc(N3CCC[C@@H](Nc4cc(N5CCOCC5)ccn4)C3)c2cn1. The summed E-state index contributed by atoms with van der Waals surface area (Å²) in [6, 6.07) is 8.66. The summed E-state index contributed by atoms with van der Waals surface area (Å²) in [4.78, 5) is 18.3. The Labute approximate surface area is 170 Å². The molecule has 0 bridgehead atoms. The Morgan fingerprint density at radius 2 is 1.83 bits per heavy atom. The number of rotatable bonds is 4. The molecule has 3 aromatic heterocycles. The van der Waals surface area contributed by atoms with Gasteiger partial charge < -0.3 is 19.9 Å². The molecule has 0 saturated carbocycles. The van der Waals surface area contributed by atoms with Crippen LogP contribution in [-0.2, 0) is 4.74 Å². The second-order valence-corrected chi connectivity index (χ2v) is 7.66. The van der Waals surface area contributed by atoms with Crippen LogP contribution in [0.3, 0.4) is 0 Å². The molecule has 0 unspecified atom stereocenters. The van der Waals surface area contributed by atoms with E-state index >= 15 is 0 Å². The van der Waals surface area contributed by atoms with Gasteiger partial charge >= 0.3 is 0 Å². The van der Waals surface area contributed by atoms with Crippen molar-refractivity contribution >= 4 is 28.1 Å². The van der Waals surface area contributed by atoms with Gasteiger partial charge in [0.05, 0.1) is 13.2 Å². The van der Waals surface area contributed by atoms with E-state index in [1.165, 1.54) is 11.1 Å². The van der Waals surface area contributed by atoms with Crippen LogP contribution in [0.25, 0.3) is 10.8 Å². The molecule has 150 valence electrons. The summed E-state index contributed by atoms with van der Waals surface area (Å²) in [6.45, 7) is 5.36. The molecule has 0 amide bonds. The number of fused-ring (bicyclic) bond motifs is 1. The monoisotopic (exact) mass is 390 g/mol. The maximum atomic E-state index is 5.47. The fourth-order valence-corrected chi connectivity index (χ4v) is 4.26. The van der Waals surface area contributed by atoms with Crippen LogP contribution in [0.2, 0.25) is 0 Å². The van der Waals surface area contributed by atoms with E-state index in [9.17, 15) is 0 Å². The van der Waals surface area contributed by atoms with Gasteiger partial charge in [-0.3, -0.25) is 4.98 Å². The van der Waals surface area contributed by atoms with E-state index in [0.717, 1.165) is 69.3 Å². The molecule has 2 saturated heterocycles. The van der Waals surface area contributed by atoms with Gasteiger partial charge in [0.2, 0.25) is 0 Å². The van der Waals surface area contributed by atoms with Crippen molar-refractivity contribution in [1.82, 2.24) is 15.0 Å². The molecule has 3 aromatic rings. The Balaban J connectivity index is 1.31. The van der Waals surface area contributed by atoms with Crippen molar-refractivity contribution in [2.75, 3.05) is 54.5 Å². The molecular weight excluding hydrogens is 364 g/mol. The summed E-state index contributed by atoms with van der Waals surface area (Å²) in [7, 11) is 0. The van der Waals surface area contributed by atoms with Gasteiger partial charge in [-0.1, -0.05) is 0 Å². The summed E-state index contributed by atoms with van der Waals surface area (Å²) in [6.07, 6.45) is 9.79. The zero-order valence-corrected chi connectivity index (χ0v) is 16.5. The van der Waals surface area contributed by atoms with Crippen LogP contribution in [0.4, 0.5) is 17.3 Å². The van der Waals surface area contributed by atoms with Gasteiger partial charge in [0.1, 0.15) is 11.6 Å². The molecule has 7 nitrogen and oxygen atoms in total. The number of hydrogen-bond acceptors (Lipinski definition) is 7. The third-order valence-corrected chi connectivity index (χ3v) is 5.74. The summed E-state index contributed by atoms with van der Waals surface area (Å²) < 4.78 is 5.47. The van der Waals surface area contributed by atoms with Crippen molar-refractivity contribution in [1.29, 1.82) is 0 Å². The number of morpholine rings is 1. The highest BCUT2D eigenvalue weighted by Gasteiger charge is 2.23. The lowest BCUT2D eigenvalue weighted by atomic mass is 10.0. The second-order valence-electron chi connectivity index (χ2n) is 7.66. The number of nitrogens with zero attached hydrogens (tertiary/aromatic N) is 5. The molecule has 0 radical (unpaired) electrons. The minimum atomic E-state index is 0.338. The Hall–Kier alpha value is -2.93. The van der Waals surface area contributed by atoms with Crippen molar-refractivity contribution in [3.63, 3.8) is 0 Å². The number of piperidine rings is 1. The molecular formula is C22H26N6O. The van der Waals surface area contributed by atoms with E-state index in [-0.39, 0.29) is 0 Å². The van der Waals surface area contributed by atoms with Gasteiger partial charge in [-0.2, -0.15) is 0 Å². The van der Waals surface area contributed by atoms with Crippen LogP contribution in [0, 0.1) is 0 Å². The maximum Gasteiger partial charge on any atom is 0.138 e. The van der Waals surface area contributed by atoms with Crippen LogP contribution < -0.4 is 15.1 Å². The third kappa shape index (κ3) is 3.96. The van der Waals surface area contributed by atoms with Gasteiger partial charge in [0.25, 0.3) is 0 Å². The lowest BCUT2D eigenvalue weighted by molar-refractivity contribution is 0.122. The Morgan fingerprint density at radius 3 is 2.76 bits per heavy atom. The minimum absolute atomic E-state index is 0.338. The minimum Gasteiger partial charge on any atom is -0.378 e. The molecule has 2 aliphatic rings. The van der Waals surface area contributed by atoms with Crippen molar-refractivity contribution in [2.24, 2.45) is 0 Å². The Kier molecular flexibility index (Phi) is 5.13. The normalized spacial score (nSPS) is 20.1. The molecule has 0 spiro atoms. The van der Waals surface area contributed by atoms with Crippen molar-refractivity contribution in [3.8, 4) is 0 Å². The first kappa shape index (κ1) is 18.1. The maximum absolute atomic E-state index is 5.47. The number of pyridine rings is 3. The first-order valence-electron chi connectivity index (χ1n) is 10.4. The largest absolute Gasteiger partial charge is 0.378 e. The number of anilines is 3. The average Bonchev–Trinajstić information content (AvgIpc) is 2.80. The van der Waals surface area contributed by atoms with Gasteiger partial charge in [0, 0.05) is 74.1 Å². The smallest absolute Gasteiger partial charge is 0.138 e. The zero-order chi connectivity index (χ0) is 19.5. The third-order valence-electron chi connectivity index (χ3n) is 5.74. The van der Waals surface area contributed by atoms with E-state index in [1.54, 1.807) is 0 Å². The first-order chi connectivity index (χ1) is 14.4. The van der Waals surface area contributed by atoms with E-state index in [4.69, 9.17) is 4.74 Å². The lowest BCUT2D eigenvalue weighted by Crippen LogP contribution is -2.42. The summed E-state index contributed by atoms with van der Waals surface area (Å²) in [5.74, 6) is 1.96. The number of ether oxygens (including phenoxy) is 1. The number of aromatic nitrogens is 3. The molecule has 0 aliphatic carbocycles. The highest BCUT2D eigenvalue weighted by Crippen LogP contribution is 2.27. The molecule has 1 N–H and O–H groups in total. The van der Waals surface area contributed by atoms with Crippen LogP contribution in [0.5, 0.6) is 0 Å². The topological polar surface area (TPSA) is 66.4 Å². The van der Waals surface area contributed by atoms with Crippen LogP contribution >= 0.6 is 0 Å². The quantitative estimate of drug-likeness (QED) is 0.735. The summed E-state index contributed by atoms with van der Waals surface area (Å²) in [5, 5.41) is 5.95. The molecule has 2 aliphatic heterocycles. The van der Waals surface area contributed by atoms with E-state index < -0.39 is 0 Å². The van der Waals surface area contributed by atoms with Crippen LogP contribution in [0.15, 0.2) is 49.1 Å². The molecule has 29 heavy (non-hydrogen) atoms. The second kappa shape index (κ2) is 8.21. The van der Waals surface area contributed by atoms with Gasteiger partial charge in [-0.25, -0.2) is 9.97 Å². The Morgan fingerprint density at radius 1 is 0.966 bits per heavy atom.